The molecule has 0 aliphatic heterocycles. The molecule has 1 aliphatic carbocycles. The van der Waals surface area contributed by atoms with Gasteiger partial charge in [-0.3, -0.25) is 4.79 Å². The van der Waals surface area contributed by atoms with Crippen LogP contribution < -0.4 is 5.32 Å². The van der Waals surface area contributed by atoms with Crippen molar-refractivity contribution in [2.24, 2.45) is 11.3 Å². The first-order valence-electron chi connectivity index (χ1n) is 6.43. The number of carbonyl (C=O) groups excluding carboxylic acids is 1. The minimum Gasteiger partial charge on any atom is -0.477 e. The fraction of sp³-hybridized carbons (Fsp3) is 0.500. The molecule has 0 radical (unpaired) electrons. The minimum absolute atomic E-state index is 0.113. The van der Waals surface area contributed by atoms with Crippen LogP contribution in [0, 0.1) is 11.3 Å². The van der Waals surface area contributed by atoms with Crippen molar-refractivity contribution in [2.75, 3.05) is 6.54 Å². The fourth-order valence-electron chi connectivity index (χ4n) is 2.15. The molecule has 2 rings (SSSR count). The third-order valence-electron chi connectivity index (χ3n) is 3.92. The van der Waals surface area contributed by atoms with E-state index in [0.717, 1.165) is 12.8 Å². The summed E-state index contributed by atoms with van der Waals surface area (Å²) in [7, 11) is 0. The molecule has 19 heavy (non-hydrogen) atoms. The van der Waals surface area contributed by atoms with E-state index in [1.807, 2.05) is 0 Å². The zero-order valence-corrected chi connectivity index (χ0v) is 11.1. The van der Waals surface area contributed by atoms with Gasteiger partial charge in [0.15, 0.2) is 0 Å². The SMILES string of the molecule is CC(C)C1(CNC(=O)c2cccc(C(=O)O)n2)CC1. The Morgan fingerprint density at radius 3 is 2.53 bits per heavy atom. The molecule has 0 aromatic carbocycles. The van der Waals surface area contributed by atoms with E-state index < -0.39 is 5.97 Å². The summed E-state index contributed by atoms with van der Waals surface area (Å²) in [6.07, 6.45) is 2.26. The highest BCUT2D eigenvalue weighted by Gasteiger charge is 2.45. The number of pyridine rings is 1. The summed E-state index contributed by atoms with van der Waals surface area (Å²) >= 11 is 0. The Morgan fingerprint density at radius 1 is 1.37 bits per heavy atom. The second-order valence-corrected chi connectivity index (χ2v) is 5.41. The Bertz CT molecular complexity index is 507. The number of amides is 1. The van der Waals surface area contributed by atoms with Gasteiger partial charge in [0.1, 0.15) is 11.4 Å². The lowest BCUT2D eigenvalue weighted by atomic mass is 9.92. The lowest BCUT2D eigenvalue weighted by Gasteiger charge is -2.19. The van der Waals surface area contributed by atoms with Crippen molar-refractivity contribution < 1.29 is 14.7 Å². The first kappa shape index (κ1) is 13.5. The highest BCUT2D eigenvalue weighted by molar-refractivity contribution is 5.94. The second kappa shape index (κ2) is 4.99. The number of rotatable bonds is 5. The van der Waals surface area contributed by atoms with E-state index >= 15 is 0 Å². The van der Waals surface area contributed by atoms with Gasteiger partial charge in [0.2, 0.25) is 0 Å². The second-order valence-electron chi connectivity index (χ2n) is 5.41. The van der Waals surface area contributed by atoms with Crippen LogP contribution in [0.3, 0.4) is 0 Å². The van der Waals surface area contributed by atoms with Gasteiger partial charge in [-0.15, -0.1) is 0 Å². The van der Waals surface area contributed by atoms with Gasteiger partial charge in [0.25, 0.3) is 5.91 Å². The Labute approximate surface area is 112 Å². The van der Waals surface area contributed by atoms with Crippen LogP contribution in [0.2, 0.25) is 0 Å². The van der Waals surface area contributed by atoms with Crippen LogP contribution in [0.15, 0.2) is 18.2 Å². The zero-order chi connectivity index (χ0) is 14.0. The van der Waals surface area contributed by atoms with Crippen molar-refractivity contribution in [2.45, 2.75) is 26.7 Å². The fourth-order valence-corrected chi connectivity index (χ4v) is 2.15. The molecule has 1 amide bonds. The molecule has 1 fully saturated rings. The Morgan fingerprint density at radius 2 is 2.00 bits per heavy atom. The van der Waals surface area contributed by atoms with Crippen molar-refractivity contribution in [3.05, 3.63) is 29.6 Å². The number of carbonyl (C=O) groups is 2. The van der Waals surface area contributed by atoms with Crippen LogP contribution in [0.1, 0.15) is 47.7 Å². The van der Waals surface area contributed by atoms with Crippen LogP contribution >= 0.6 is 0 Å². The average molecular weight is 262 g/mol. The van der Waals surface area contributed by atoms with Crippen molar-refractivity contribution in [1.82, 2.24) is 10.3 Å². The van der Waals surface area contributed by atoms with Crippen molar-refractivity contribution in [1.29, 1.82) is 0 Å². The molecule has 0 saturated heterocycles. The van der Waals surface area contributed by atoms with Crippen molar-refractivity contribution in [3.8, 4) is 0 Å². The summed E-state index contributed by atoms with van der Waals surface area (Å²) in [5, 5.41) is 11.7. The van der Waals surface area contributed by atoms with E-state index in [2.05, 4.69) is 24.1 Å². The van der Waals surface area contributed by atoms with Gasteiger partial charge < -0.3 is 10.4 Å². The van der Waals surface area contributed by atoms with E-state index in [-0.39, 0.29) is 22.7 Å². The van der Waals surface area contributed by atoms with E-state index in [1.165, 1.54) is 18.2 Å². The van der Waals surface area contributed by atoms with E-state index in [4.69, 9.17) is 5.11 Å². The number of nitrogens with one attached hydrogen (secondary N) is 1. The van der Waals surface area contributed by atoms with Crippen LogP contribution in [0.5, 0.6) is 0 Å². The Balaban J connectivity index is 2.00. The molecule has 0 unspecified atom stereocenters. The Hall–Kier alpha value is -1.91. The molecule has 1 aliphatic rings. The molecule has 0 bridgehead atoms. The lowest BCUT2D eigenvalue weighted by molar-refractivity contribution is 0.0690. The summed E-state index contributed by atoms with van der Waals surface area (Å²) in [6.45, 7) is 4.94. The molecule has 5 nitrogen and oxygen atoms in total. The largest absolute Gasteiger partial charge is 0.477 e. The first-order valence-corrected chi connectivity index (χ1v) is 6.43. The molecular formula is C14H18N2O3. The van der Waals surface area contributed by atoms with Crippen LogP contribution in [0.4, 0.5) is 0 Å². The van der Waals surface area contributed by atoms with Gasteiger partial charge in [0.05, 0.1) is 0 Å². The first-order chi connectivity index (χ1) is 8.94. The summed E-state index contributed by atoms with van der Waals surface area (Å²) < 4.78 is 0. The van der Waals surface area contributed by atoms with Gasteiger partial charge in [-0.2, -0.15) is 0 Å². The summed E-state index contributed by atoms with van der Waals surface area (Å²) in [5.74, 6) is -0.906. The highest BCUT2D eigenvalue weighted by Crippen LogP contribution is 2.51. The standard InChI is InChI=1S/C14H18N2O3/c1-9(2)14(6-7-14)8-15-12(17)10-4-3-5-11(16-10)13(18)19/h3-5,9H,6-8H2,1-2H3,(H,15,17)(H,18,19). The van der Waals surface area contributed by atoms with Gasteiger partial charge in [-0.05, 0) is 36.3 Å². The molecule has 5 heteroatoms. The average Bonchev–Trinajstić information content (AvgIpc) is 3.17. The minimum atomic E-state index is -1.13. The number of carboxylic acid groups (broad SMARTS) is 1. The van der Waals surface area contributed by atoms with E-state index in [1.54, 1.807) is 0 Å². The van der Waals surface area contributed by atoms with Gasteiger partial charge in [0, 0.05) is 6.54 Å². The van der Waals surface area contributed by atoms with E-state index in [9.17, 15) is 9.59 Å². The van der Waals surface area contributed by atoms with Gasteiger partial charge in [-0.1, -0.05) is 19.9 Å². The number of carboxylic acids is 1. The van der Waals surface area contributed by atoms with E-state index in [0.29, 0.717) is 12.5 Å². The maximum Gasteiger partial charge on any atom is 0.354 e. The molecule has 1 heterocycles. The van der Waals surface area contributed by atoms with Gasteiger partial charge >= 0.3 is 5.97 Å². The number of nitrogens with zero attached hydrogens (tertiary/aromatic N) is 1. The maximum atomic E-state index is 11.9. The molecule has 1 aromatic rings. The van der Waals surface area contributed by atoms with Gasteiger partial charge in [-0.25, -0.2) is 9.78 Å². The van der Waals surface area contributed by atoms with Crippen molar-refractivity contribution >= 4 is 11.9 Å². The predicted octanol–water partition coefficient (Wildman–Crippen LogP) is 1.95. The Kier molecular flexibility index (Phi) is 3.55. The van der Waals surface area contributed by atoms with Crippen LogP contribution in [-0.4, -0.2) is 28.5 Å². The number of aromatic carboxylic acids is 1. The normalized spacial score (nSPS) is 16.2. The lowest BCUT2D eigenvalue weighted by Crippen LogP contribution is -2.33. The molecule has 0 spiro atoms. The third kappa shape index (κ3) is 2.92. The quantitative estimate of drug-likeness (QED) is 0.850. The molecular weight excluding hydrogens is 244 g/mol. The number of aromatic nitrogens is 1. The van der Waals surface area contributed by atoms with Crippen molar-refractivity contribution in [3.63, 3.8) is 0 Å². The molecule has 0 atom stereocenters. The van der Waals surface area contributed by atoms with Crippen LogP contribution in [-0.2, 0) is 0 Å². The molecule has 2 N–H and O–H groups in total. The smallest absolute Gasteiger partial charge is 0.354 e. The monoisotopic (exact) mass is 262 g/mol. The topological polar surface area (TPSA) is 79.3 Å². The summed E-state index contributed by atoms with van der Waals surface area (Å²) in [4.78, 5) is 26.6. The molecule has 1 aromatic heterocycles. The number of hydrogen-bond donors (Lipinski definition) is 2. The molecule has 1 saturated carbocycles. The van der Waals surface area contributed by atoms with Crippen LogP contribution in [0.25, 0.3) is 0 Å². The summed E-state index contributed by atoms with van der Waals surface area (Å²) in [6, 6.07) is 4.42. The molecule has 102 valence electrons. The summed E-state index contributed by atoms with van der Waals surface area (Å²) in [5.41, 5.74) is 0.261. The maximum absolute atomic E-state index is 11.9. The predicted molar refractivity (Wildman–Crippen MR) is 70.0 cm³/mol. The number of hydrogen-bond acceptors (Lipinski definition) is 3. The third-order valence-corrected chi connectivity index (χ3v) is 3.92. The highest BCUT2D eigenvalue weighted by atomic mass is 16.4. The zero-order valence-electron chi connectivity index (χ0n) is 11.1.